The fourth-order valence-electron chi connectivity index (χ4n) is 0.656. The maximum absolute atomic E-state index is 10.5. The first-order valence-electron chi connectivity index (χ1n) is 3.59. The number of aromatic nitrogens is 2. The van der Waals surface area contributed by atoms with E-state index in [2.05, 4.69) is 20.3 Å². The molecule has 0 saturated carbocycles. The Hall–Kier alpha value is -1.08. The molecule has 0 atom stereocenters. The van der Waals surface area contributed by atoms with E-state index in [0.29, 0.717) is 5.03 Å². The molecule has 0 aliphatic rings. The summed E-state index contributed by atoms with van der Waals surface area (Å²) in [7, 11) is 1.82. The van der Waals surface area contributed by atoms with Crippen LogP contribution in [0.4, 0.5) is 0 Å². The van der Waals surface area contributed by atoms with Crippen LogP contribution in [0.1, 0.15) is 10.5 Å². The van der Waals surface area contributed by atoms with Gasteiger partial charge in [0.1, 0.15) is 0 Å². The first-order valence-corrected chi connectivity index (χ1v) is 4.57. The summed E-state index contributed by atoms with van der Waals surface area (Å²) in [6, 6.07) is 0. The molecular weight excluding hydrogens is 194 g/mol. The van der Waals surface area contributed by atoms with Crippen molar-refractivity contribution in [1.82, 2.24) is 15.6 Å². The maximum atomic E-state index is 10.5. The fraction of sp³-hybridized carbons (Fsp3) is 0.500. The van der Waals surface area contributed by atoms with E-state index in [4.69, 9.17) is 5.11 Å². The van der Waals surface area contributed by atoms with Gasteiger partial charge in [0.05, 0.1) is 0 Å². The molecule has 1 rings (SSSR count). The van der Waals surface area contributed by atoms with Crippen molar-refractivity contribution in [3.8, 4) is 0 Å². The Bertz CT molecular complexity index is 288. The lowest BCUT2D eigenvalue weighted by Gasteiger charge is -1.95. The lowest BCUT2D eigenvalue weighted by atomic mass is 10.5. The van der Waals surface area contributed by atoms with Gasteiger partial charge in [-0.15, -0.1) is 0 Å². The standard InChI is InChI=1S/C6H9N3O3S/c1-7-2-3-13-5-4(6(10)11)8-12-9-5/h7H,2-3H2,1H3,(H,10,11). The predicted molar refractivity (Wildman–Crippen MR) is 45.9 cm³/mol. The molecule has 0 amide bonds. The predicted octanol–water partition coefficient (Wildman–Crippen LogP) is 0.0793. The van der Waals surface area contributed by atoms with Gasteiger partial charge in [-0.25, -0.2) is 9.42 Å². The van der Waals surface area contributed by atoms with Gasteiger partial charge >= 0.3 is 5.97 Å². The first kappa shape index (κ1) is 10.0. The van der Waals surface area contributed by atoms with Crippen molar-refractivity contribution < 1.29 is 14.5 Å². The second-order valence-corrected chi connectivity index (χ2v) is 3.26. The molecule has 0 spiro atoms. The quantitative estimate of drug-likeness (QED) is 0.517. The minimum Gasteiger partial charge on any atom is -0.476 e. The van der Waals surface area contributed by atoms with Gasteiger partial charge in [-0.1, -0.05) is 11.8 Å². The lowest BCUT2D eigenvalue weighted by Crippen LogP contribution is -2.10. The number of thioether (sulfide) groups is 1. The highest BCUT2D eigenvalue weighted by atomic mass is 32.2. The Morgan fingerprint density at radius 2 is 2.46 bits per heavy atom. The third-order valence-electron chi connectivity index (χ3n) is 1.25. The number of carboxylic acid groups (broad SMARTS) is 1. The summed E-state index contributed by atoms with van der Waals surface area (Å²) in [6.45, 7) is 0.774. The molecule has 0 saturated heterocycles. The molecule has 7 heteroatoms. The van der Waals surface area contributed by atoms with Gasteiger partial charge in [0.15, 0.2) is 5.03 Å². The molecular formula is C6H9N3O3S. The zero-order valence-electron chi connectivity index (χ0n) is 6.98. The van der Waals surface area contributed by atoms with E-state index in [0.717, 1.165) is 12.3 Å². The molecule has 0 aliphatic heterocycles. The second kappa shape index (κ2) is 4.83. The number of aromatic carboxylic acids is 1. The summed E-state index contributed by atoms with van der Waals surface area (Å²) < 4.78 is 4.32. The van der Waals surface area contributed by atoms with E-state index in [1.807, 2.05) is 7.05 Å². The average Bonchev–Trinajstić information content (AvgIpc) is 2.53. The minimum atomic E-state index is -1.12. The van der Waals surface area contributed by atoms with Crippen molar-refractivity contribution in [3.63, 3.8) is 0 Å². The van der Waals surface area contributed by atoms with Crippen LogP contribution in [0.5, 0.6) is 0 Å². The Kier molecular flexibility index (Phi) is 3.71. The Balaban J connectivity index is 2.55. The van der Waals surface area contributed by atoms with Gasteiger partial charge in [0.2, 0.25) is 5.69 Å². The highest BCUT2D eigenvalue weighted by Gasteiger charge is 2.16. The Labute approximate surface area is 78.7 Å². The van der Waals surface area contributed by atoms with E-state index < -0.39 is 5.97 Å². The molecule has 13 heavy (non-hydrogen) atoms. The van der Waals surface area contributed by atoms with Crippen LogP contribution in [-0.2, 0) is 0 Å². The zero-order valence-corrected chi connectivity index (χ0v) is 7.80. The molecule has 0 unspecified atom stereocenters. The van der Waals surface area contributed by atoms with Gasteiger partial charge in [-0.3, -0.25) is 0 Å². The Morgan fingerprint density at radius 3 is 3.08 bits per heavy atom. The van der Waals surface area contributed by atoms with E-state index in [9.17, 15) is 4.79 Å². The molecule has 2 N–H and O–H groups in total. The van der Waals surface area contributed by atoms with Crippen molar-refractivity contribution in [1.29, 1.82) is 0 Å². The third-order valence-corrected chi connectivity index (χ3v) is 2.20. The van der Waals surface area contributed by atoms with Crippen LogP contribution in [0.25, 0.3) is 0 Å². The maximum Gasteiger partial charge on any atom is 0.361 e. The van der Waals surface area contributed by atoms with Gasteiger partial charge in [-0.05, 0) is 17.4 Å². The second-order valence-electron chi connectivity index (χ2n) is 2.18. The van der Waals surface area contributed by atoms with Crippen LogP contribution in [0, 0.1) is 0 Å². The largest absolute Gasteiger partial charge is 0.476 e. The number of nitrogens with one attached hydrogen (secondary N) is 1. The minimum absolute atomic E-state index is 0.124. The van der Waals surface area contributed by atoms with Crippen molar-refractivity contribution in [2.24, 2.45) is 0 Å². The van der Waals surface area contributed by atoms with Gasteiger partial charge in [-0.2, -0.15) is 0 Å². The number of carboxylic acids is 1. The number of hydrogen-bond acceptors (Lipinski definition) is 6. The van der Waals surface area contributed by atoms with Gasteiger partial charge < -0.3 is 10.4 Å². The van der Waals surface area contributed by atoms with Crippen LogP contribution >= 0.6 is 11.8 Å². The summed E-state index contributed by atoms with van der Waals surface area (Å²) in [5, 5.41) is 18.6. The molecule has 72 valence electrons. The number of nitrogens with zero attached hydrogens (tertiary/aromatic N) is 2. The highest BCUT2D eigenvalue weighted by Crippen LogP contribution is 2.17. The molecule has 0 radical (unpaired) electrons. The van der Waals surface area contributed by atoms with Crippen LogP contribution in [-0.4, -0.2) is 40.7 Å². The number of rotatable bonds is 5. The molecule has 0 aromatic carbocycles. The van der Waals surface area contributed by atoms with Crippen molar-refractivity contribution in [3.05, 3.63) is 5.69 Å². The van der Waals surface area contributed by atoms with Crippen molar-refractivity contribution in [2.45, 2.75) is 5.03 Å². The van der Waals surface area contributed by atoms with Crippen LogP contribution in [0.15, 0.2) is 9.65 Å². The first-order chi connectivity index (χ1) is 6.25. The zero-order chi connectivity index (χ0) is 9.68. The molecule has 0 aliphatic carbocycles. The molecule has 0 bridgehead atoms. The van der Waals surface area contributed by atoms with E-state index >= 15 is 0 Å². The molecule has 1 aromatic heterocycles. The van der Waals surface area contributed by atoms with E-state index in [-0.39, 0.29) is 5.69 Å². The van der Waals surface area contributed by atoms with E-state index in [1.165, 1.54) is 11.8 Å². The van der Waals surface area contributed by atoms with Crippen molar-refractivity contribution in [2.75, 3.05) is 19.3 Å². The smallest absolute Gasteiger partial charge is 0.361 e. The molecule has 1 heterocycles. The summed E-state index contributed by atoms with van der Waals surface area (Å²) in [5.41, 5.74) is -0.124. The SMILES string of the molecule is CNCCSc1nonc1C(=O)O. The topological polar surface area (TPSA) is 88.3 Å². The monoisotopic (exact) mass is 203 g/mol. The van der Waals surface area contributed by atoms with E-state index in [1.54, 1.807) is 0 Å². The summed E-state index contributed by atoms with van der Waals surface area (Å²) in [4.78, 5) is 10.5. The summed E-state index contributed by atoms with van der Waals surface area (Å²) >= 11 is 1.30. The normalized spacial score (nSPS) is 10.2. The fourth-order valence-corrected chi connectivity index (χ4v) is 1.50. The Morgan fingerprint density at radius 1 is 1.69 bits per heavy atom. The van der Waals surface area contributed by atoms with Crippen LogP contribution < -0.4 is 5.32 Å². The number of carbonyl (C=O) groups is 1. The van der Waals surface area contributed by atoms with Gasteiger partial charge in [0, 0.05) is 12.3 Å². The summed E-state index contributed by atoms with van der Waals surface area (Å²) in [6.07, 6.45) is 0. The lowest BCUT2D eigenvalue weighted by molar-refractivity contribution is 0.0682. The molecule has 6 nitrogen and oxygen atoms in total. The highest BCUT2D eigenvalue weighted by molar-refractivity contribution is 7.99. The van der Waals surface area contributed by atoms with Crippen molar-refractivity contribution >= 4 is 17.7 Å². The molecule has 1 aromatic rings. The number of hydrogen-bond donors (Lipinski definition) is 2. The van der Waals surface area contributed by atoms with Crippen LogP contribution in [0.3, 0.4) is 0 Å². The van der Waals surface area contributed by atoms with Crippen LogP contribution in [0.2, 0.25) is 0 Å². The van der Waals surface area contributed by atoms with Gasteiger partial charge in [0.25, 0.3) is 0 Å². The molecule has 0 fully saturated rings. The summed E-state index contributed by atoms with van der Waals surface area (Å²) in [5.74, 6) is -0.390. The average molecular weight is 203 g/mol. The third kappa shape index (κ3) is 2.71.